The number of carbonyl (C=O) groups is 1. The van der Waals surface area contributed by atoms with Crippen molar-refractivity contribution in [2.45, 2.75) is 11.8 Å². The molecular weight excluding hydrogens is 420 g/mol. The van der Waals surface area contributed by atoms with Crippen LogP contribution in [0.3, 0.4) is 0 Å². The Hall–Kier alpha value is -4.01. The largest absolute Gasteiger partial charge is 0.309 e. The molecule has 1 amide bonds. The number of nitrogens with one attached hydrogen (secondary N) is 1. The summed E-state index contributed by atoms with van der Waals surface area (Å²) >= 11 is 6.57. The summed E-state index contributed by atoms with van der Waals surface area (Å²) in [7, 11) is 0. The summed E-state index contributed by atoms with van der Waals surface area (Å²) in [6, 6.07) is 22.6. The van der Waals surface area contributed by atoms with Gasteiger partial charge in [-0.3, -0.25) is 9.78 Å². The van der Waals surface area contributed by atoms with Crippen LogP contribution in [0.1, 0.15) is 22.3 Å². The summed E-state index contributed by atoms with van der Waals surface area (Å²) < 4.78 is 0. The van der Waals surface area contributed by atoms with Gasteiger partial charge in [-0.05, 0) is 59.5 Å². The van der Waals surface area contributed by atoms with Crippen LogP contribution in [0.5, 0.6) is 0 Å². The van der Waals surface area contributed by atoms with Crippen molar-refractivity contribution in [3.8, 4) is 17.2 Å². The van der Waals surface area contributed by atoms with Crippen LogP contribution >= 0.6 is 11.6 Å². The molecule has 1 atom stereocenters. The highest BCUT2D eigenvalue weighted by atomic mass is 35.5. The monoisotopic (exact) mass is 436 g/mol. The van der Waals surface area contributed by atoms with Crippen LogP contribution in [-0.4, -0.2) is 15.9 Å². The van der Waals surface area contributed by atoms with Crippen molar-refractivity contribution >= 4 is 23.3 Å². The fraction of sp³-hybridized carbons (Fsp3) is 0.0769. The van der Waals surface area contributed by atoms with E-state index in [1.165, 1.54) is 0 Å². The van der Waals surface area contributed by atoms with Gasteiger partial charge in [0.1, 0.15) is 11.2 Å². The van der Waals surface area contributed by atoms with Gasteiger partial charge in [-0.1, -0.05) is 41.9 Å². The van der Waals surface area contributed by atoms with E-state index in [-0.39, 0.29) is 5.91 Å². The molecular formula is C26H17ClN4O. The van der Waals surface area contributed by atoms with Crippen molar-refractivity contribution in [1.29, 1.82) is 5.26 Å². The van der Waals surface area contributed by atoms with Gasteiger partial charge in [0, 0.05) is 34.7 Å². The van der Waals surface area contributed by atoms with Gasteiger partial charge in [-0.2, -0.15) is 5.26 Å². The maximum atomic E-state index is 13.7. The highest BCUT2D eigenvalue weighted by molar-refractivity contribution is 6.33. The summed E-state index contributed by atoms with van der Waals surface area (Å²) in [5.41, 5.74) is 3.47. The van der Waals surface area contributed by atoms with Gasteiger partial charge < -0.3 is 5.32 Å². The number of hydrogen-bond donors (Lipinski definition) is 1. The average molecular weight is 437 g/mol. The summed E-state index contributed by atoms with van der Waals surface area (Å²) in [5, 5.41) is 13.1. The molecule has 2 aromatic heterocycles. The van der Waals surface area contributed by atoms with Crippen LogP contribution in [-0.2, 0) is 16.6 Å². The molecule has 1 aliphatic heterocycles. The minimum atomic E-state index is -1.09. The lowest BCUT2D eigenvalue weighted by molar-refractivity contribution is -0.119. The first-order valence-corrected chi connectivity index (χ1v) is 10.5. The topological polar surface area (TPSA) is 78.7 Å². The van der Waals surface area contributed by atoms with E-state index >= 15 is 0 Å². The Morgan fingerprint density at radius 1 is 0.969 bits per heavy atom. The third-order valence-corrected chi connectivity index (χ3v) is 6.19. The van der Waals surface area contributed by atoms with Crippen LogP contribution in [0.4, 0.5) is 5.82 Å². The normalized spacial score (nSPS) is 16.8. The van der Waals surface area contributed by atoms with Gasteiger partial charge in [0.2, 0.25) is 5.91 Å². The molecule has 6 heteroatoms. The molecule has 2 aromatic carbocycles. The maximum Gasteiger partial charge on any atom is 0.241 e. The van der Waals surface area contributed by atoms with Gasteiger partial charge in [0.15, 0.2) is 0 Å². The number of benzene rings is 2. The van der Waals surface area contributed by atoms with E-state index in [1.54, 1.807) is 36.8 Å². The van der Waals surface area contributed by atoms with E-state index < -0.39 is 5.41 Å². The lowest BCUT2D eigenvalue weighted by Crippen LogP contribution is -2.38. The highest BCUT2D eigenvalue weighted by Gasteiger charge is 2.50. The smallest absolute Gasteiger partial charge is 0.241 e. The molecule has 0 aliphatic carbocycles. The minimum absolute atomic E-state index is 0.189. The zero-order valence-corrected chi connectivity index (χ0v) is 17.7. The number of nitriles is 1. The number of aromatic nitrogens is 2. The van der Waals surface area contributed by atoms with Crippen LogP contribution in [0.2, 0.25) is 5.02 Å². The molecule has 0 radical (unpaired) electrons. The van der Waals surface area contributed by atoms with Crippen LogP contribution in [0, 0.1) is 11.3 Å². The first kappa shape index (κ1) is 19.9. The summed E-state index contributed by atoms with van der Waals surface area (Å²) in [5.74, 6) is 0.315. The van der Waals surface area contributed by atoms with Gasteiger partial charge in [-0.15, -0.1) is 0 Å². The van der Waals surface area contributed by atoms with E-state index in [2.05, 4.69) is 21.4 Å². The molecule has 1 N–H and O–H groups in total. The molecule has 1 aliphatic rings. The molecule has 0 saturated carbocycles. The Morgan fingerprint density at radius 3 is 2.56 bits per heavy atom. The Labute approximate surface area is 190 Å². The first-order chi connectivity index (χ1) is 15.6. The Morgan fingerprint density at radius 2 is 1.78 bits per heavy atom. The third-order valence-electron chi connectivity index (χ3n) is 5.86. The van der Waals surface area contributed by atoms with E-state index in [9.17, 15) is 10.1 Å². The van der Waals surface area contributed by atoms with Crippen molar-refractivity contribution in [3.05, 3.63) is 113 Å². The molecule has 0 saturated heterocycles. The zero-order valence-electron chi connectivity index (χ0n) is 16.9. The molecule has 32 heavy (non-hydrogen) atoms. The lowest BCUT2D eigenvalue weighted by atomic mass is 9.69. The number of rotatable bonds is 4. The van der Waals surface area contributed by atoms with Gasteiger partial charge in [-0.25, -0.2) is 4.98 Å². The molecule has 154 valence electrons. The van der Waals surface area contributed by atoms with Crippen LogP contribution in [0.25, 0.3) is 11.1 Å². The highest BCUT2D eigenvalue weighted by Crippen LogP contribution is 2.49. The SMILES string of the molecule is N#Cc1cccc(C2(Cc3ccncc3)C(=O)Nc3nccc(-c4ccccc4Cl)c32)c1. The van der Waals surface area contributed by atoms with Crippen molar-refractivity contribution in [1.82, 2.24) is 9.97 Å². The maximum absolute atomic E-state index is 13.7. The number of anilines is 1. The standard InChI is InChI=1S/C26H17ClN4O/c27-22-7-2-1-6-20(22)21-10-13-30-24-23(21)26(25(32)31-24,15-17-8-11-29-12-9-17)19-5-3-4-18(14-19)16-28/h1-14H,15H2,(H,30,31,32). The van der Waals surface area contributed by atoms with E-state index in [4.69, 9.17) is 11.6 Å². The number of pyridine rings is 2. The molecule has 4 aromatic rings. The number of fused-ring (bicyclic) bond motifs is 1. The molecule has 3 heterocycles. The van der Waals surface area contributed by atoms with Gasteiger partial charge >= 0.3 is 0 Å². The molecule has 5 rings (SSSR count). The molecule has 5 nitrogen and oxygen atoms in total. The summed E-state index contributed by atoms with van der Waals surface area (Å²) in [6.07, 6.45) is 5.47. The van der Waals surface area contributed by atoms with Crippen molar-refractivity contribution in [3.63, 3.8) is 0 Å². The number of carbonyl (C=O) groups excluding carboxylic acids is 1. The molecule has 1 unspecified atom stereocenters. The second kappa shape index (κ2) is 7.92. The Balaban J connectivity index is 1.84. The van der Waals surface area contributed by atoms with E-state index in [0.29, 0.717) is 22.8 Å². The predicted octanol–water partition coefficient (Wildman–Crippen LogP) is 5.15. The molecule has 0 bridgehead atoms. The lowest BCUT2D eigenvalue weighted by Gasteiger charge is -2.30. The predicted molar refractivity (Wildman–Crippen MR) is 123 cm³/mol. The van der Waals surface area contributed by atoms with Crippen molar-refractivity contribution in [2.75, 3.05) is 5.32 Å². The fourth-order valence-corrected chi connectivity index (χ4v) is 4.67. The first-order valence-electron chi connectivity index (χ1n) is 10.1. The number of halogens is 1. The van der Waals surface area contributed by atoms with Crippen LogP contribution in [0.15, 0.2) is 85.3 Å². The fourth-order valence-electron chi connectivity index (χ4n) is 4.43. The molecule has 0 fully saturated rings. The van der Waals surface area contributed by atoms with Gasteiger partial charge in [0.25, 0.3) is 0 Å². The van der Waals surface area contributed by atoms with Crippen molar-refractivity contribution < 1.29 is 4.79 Å². The summed E-state index contributed by atoms with van der Waals surface area (Å²) in [4.78, 5) is 22.3. The summed E-state index contributed by atoms with van der Waals surface area (Å²) in [6.45, 7) is 0. The van der Waals surface area contributed by atoms with Gasteiger partial charge in [0.05, 0.1) is 11.6 Å². The average Bonchev–Trinajstić information content (AvgIpc) is 3.12. The minimum Gasteiger partial charge on any atom is -0.309 e. The second-order valence-electron chi connectivity index (χ2n) is 7.65. The Kier molecular flexibility index (Phi) is 4.93. The molecule has 0 spiro atoms. The van der Waals surface area contributed by atoms with Crippen molar-refractivity contribution in [2.24, 2.45) is 0 Å². The number of hydrogen-bond acceptors (Lipinski definition) is 4. The Bertz CT molecular complexity index is 1380. The second-order valence-corrected chi connectivity index (χ2v) is 8.05. The zero-order chi connectivity index (χ0) is 22.1. The van der Waals surface area contributed by atoms with E-state index in [0.717, 1.165) is 27.8 Å². The number of nitrogens with zero attached hydrogens (tertiary/aromatic N) is 3. The van der Waals surface area contributed by atoms with Crippen LogP contribution < -0.4 is 5.32 Å². The third kappa shape index (κ3) is 3.13. The quantitative estimate of drug-likeness (QED) is 0.480. The number of amides is 1. The van der Waals surface area contributed by atoms with E-state index in [1.807, 2.05) is 48.5 Å².